The van der Waals surface area contributed by atoms with Crippen LogP contribution in [-0.2, 0) is 14.3 Å². The number of carbonyl (C=O) groups excluding carboxylic acids is 1. The van der Waals surface area contributed by atoms with Gasteiger partial charge in [0.25, 0.3) is 0 Å². The van der Waals surface area contributed by atoms with Crippen LogP contribution >= 0.6 is 23.4 Å². The first-order valence-electron chi connectivity index (χ1n) is 12.5. The lowest BCUT2D eigenvalue weighted by atomic mass is 10.0. The number of methoxy groups -OCH3 is 1. The van der Waals surface area contributed by atoms with Gasteiger partial charge in [0.05, 0.1) is 23.2 Å². The Kier molecular flexibility index (Phi) is 8.14. The molecule has 2 aliphatic rings. The van der Waals surface area contributed by atoms with Crippen LogP contribution in [0.1, 0.15) is 13.0 Å². The maximum absolute atomic E-state index is 15.0. The number of halogens is 4. The van der Waals surface area contributed by atoms with Crippen molar-refractivity contribution >= 4 is 46.0 Å². The summed E-state index contributed by atoms with van der Waals surface area (Å²) in [6, 6.07) is 2.18. The summed E-state index contributed by atoms with van der Waals surface area (Å²) in [5.74, 6) is -2.99. The van der Waals surface area contributed by atoms with Gasteiger partial charge in [-0.25, -0.2) is 18.0 Å². The Morgan fingerprint density at radius 3 is 2.67 bits per heavy atom. The number of piperazine rings is 1. The molecule has 2 atom stereocenters. The lowest BCUT2D eigenvalue weighted by molar-refractivity contribution is -0.126. The van der Waals surface area contributed by atoms with Crippen LogP contribution in [0.2, 0.25) is 5.02 Å². The van der Waals surface area contributed by atoms with E-state index in [1.165, 1.54) is 29.5 Å². The SMILES string of the molecule is C=CC(=O)N1CCN(c2nc(=O)n3c4c(c(-c5cc(F)c(F)cc5F)c(Cl)cc24)SC[C@H]3COCOC)[C@@H](C)C1. The number of aromatic nitrogens is 2. The summed E-state index contributed by atoms with van der Waals surface area (Å²) in [7, 11) is 1.49. The Bertz CT molecular complexity index is 1570. The van der Waals surface area contributed by atoms with E-state index in [0.717, 1.165) is 6.07 Å². The molecular formula is C27H26ClF3N4O4S. The summed E-state index contributed by atoms with van der Waals surface area (Å²) >= 11 is 8.05. The number of amides is 1. The largest absolute Gasteiger partial charge is 0.359 e. The number of ether oxygens (including phenoxy) is 2. The van der Waals surface area contributed by atoms with Crippen molar-refractivity contribution in [2.24, 2.45) is 0 Å². The summed E-state index contributed by atoms with van der Waals surface area (Å²) in [6.45, 7) is 6.81. The fourth-order valence-corrected chi connectivity index (χ4v) is 6.91. The fraction of sp³-hybridized carbons (Fsp3) is 0.370. The predicted molar refractivity (Wildman–Crippen MR) is 147 cm³/mol. The minimum atomic E-state index is -1.32. The van der Waals surface area contributed by atoms with Crippen LogP contribution in [0.15, 0.2) is 40.5 Å². The minimum absolute atomic E-state index is 0.0224. The van der Waals surface area contributed by atoms with Crippen molar-refractivity contribution in [1.82, 2.24) is 14.5 Å². The van der Waals surface area contributed by atoms with E-state index in [9.17, 15) is 18.4 Å². The summed E-state index contributed by atoms with van der Waals surface area (Å²) in [5, 5.41) is 0.626. The summed E-state index contributed by atoms with van der Waals surface area (Å²) in [6.07, 6.45) is 1.26. The molecule has 40 heavy (non-hydrogen) atoms. The van der Waals surface area contributed by atoms with Gasteiger partial charge in [-0.3, -0.25) is 9.36 Å². The Hall–Kier alpha value is -3.06. The number of nitrogens with zero attached hydrogens (tertiary/aromatic N) is 4. The van der Waals surface area contributed by atoms with Gasteiger partial charge in [-0.15, -0.1) is 11.8 Å². The highest BCUT2D eigenvalue weighted by Crippen LogP contribution is 2.48. The van der Waals surface area contributed by atoms with Crippen molar-refractivity contribution in [2.45, 2.75) is 23.9 Å². The van der Waals surface area contributed by atoms with Crippen molar-refractivity contribution < 1.29 is 27.4 Å². The van der Waals surface area contributed by atoms with Crippen molar-refractivity contribution in [3.05, 3.63) is 63.8 Å². The molecule has 0 saturated carbocycles. The zero-order valence-corrected chi connectivity index (χ0v) is 23.3. The van der Waals surface area contributed by atoms with E-state index in [1.807, 2.05) is 11.8 Å². The van der Waals surface area contributed by atoms with Gasteiger partial charge in [0.1, 0.15) is 18.4 Å². The molecule has 0 aliphatic carbocycles. The summed E-state index contributed by atoms with van der Waals surface area (Å²) < 4.78 is 55.1. The molecule has 212 valence electrons. The molecule has 1 aromatic heterocycles. The van der Waals surface area contributed by atoms with E-state index in [2.05, 4.69) is 11.6 Å². The average molecular weight is 595 g/mol. The van der Waals surface area contributed by atoms with Crippen LogP contribution in [0.3, 0.4) is 0 Å². The third-order valence-electron chi connectivity index (χ3n) is 7.06. The molecule has 2 aliphatic heterocycles. The molecule has 2 aromatic carbocycles. The smallest absolute Gasteiger partial charge is 0.350 e. The van der Waals surface area contributed by atoms with Crippen LogP contribution in [-0.4, -0.2) is 72.3 Å². The van der Waals surface area contributed by atoms with Gasteiger partial charge in [0.15, 0.2) is 11.6 Å². The normalized spacial score (nSPS) is 18.9. The molecule has 0 bridgehead atoms. The van der Waals surface area contributed by atoms with Gasteiger partial charge in [-0.2, -0.15) is 4.98 Å². The van der Waals surface area contributed by atoms with E-state index in [-0.39, 0.29) is 41.5 Å². The van der Waals surface area contributed by atoms with Crippen LogP contribution in [0.5, 0.6) is 0 Å². The van der Waals surface area contributed by atoms with Gasteiger partial charge in [-0.05, 0) is 25.1 Å². The van der Waals surface area contributed by atoms with E-state index < -0.39 is 29.2 Å². The Balaban J connectivity index is 1.73. The lowest BCUT2D eigenvalue weighted by Gasteiger charge is -2.41. The molecule has 8 nitrogen and oxygen atoms in total. The van der Waals surface area contributed by atoms with E-state index in [1.54, 1.807) is 11.0 Å². The molecule has 13 heteroatoms. The zero-order valence-electron chi connectivity index (χ0n) is 21.8. The third kappa shape index (κ3) is 4.98. The van der Waals surface area contributed by atoms with Crippen LogP contribution in [0.4, 0.5) is 19.0 Å². The second kappa shape index (κ2) is 11.4. The topological polar surface area (TPSA) is 76.9 Å². The number of rotatable bonds is 7. The Morgan fingerprint density at radius 1 is 1.23 bits per heavy atom. The molecule has 0 spiro atoms. The predicted octanol–water partition coefficient (Wildman–Crippen LogP) is 4.62. The van der Waals surface area contributed by atoms with Crippen molar-refractivity contribution in [2.75, 3.05) is 50.8 Å². The number of anilines is 1. The second-order valence-corrected chi connectivity index (χ2v) is 11.0. The monoisotopic (exact) mass is 594 g/mol. The molecule has 0 radical (unpaired) electrons. The van der Waals surface area contributed by atoms with Crippen molar-refractivity contribution in [3.8, 4) is 11.1 Å². The first kappa shape index (κ1) is 28.5. The molecule has 5 rings (SSSR count). The van der Waals surface area contributed by atoms with Crippen LogP contribution < -0.4 is 10.6 Å². The van der Waals surface area contributed by atoms with Gasteiger partial charge >= 0.3 is 5.69 Å². The van der Waals surface area contributed by atoms with Crippen molar-refractivity contribution in [3.63, 3.8) is 0 Å². The molecule has 1 amide bonds. The zero-order chi connectivity index (χ0) is 28.7. The standard InChI is InChI=1S/C27H26ClF3N4O4S/c1-4-22(36)33-5-6-34(14(2)10-33)26-17-7-18(28)23(16-8-20(30)21(31)9-19(16)29)25-24(17)35(27(37)32-26)15(12-40-25)11-39-13-38-3/h4,7-9,14-15H,1,5-6,10-13H2,2-3H3/t14-,15+/m0/s1. The third-order valence-corrected chi connectivity index (χ3v) is 8.59. The number of benzene rings is 2. The molecule has 3 heterocycles. The van der Waals surface area contributed by atoms with E-state index >= 15 is 4.39 Å². The fourth-order valence-electron chi connectivity index (χ4n) is 5.24. The maximum Gasteiger partial charge on any atom is 0.350 e. The number of hydrogen-bond donors (Lipinski definition) is 0. The van der Waals surface area contributed by atoms with Crippen LogP contribution in [0.25, 0.3) is 22.0 Å². The highest BCUT2D eigenvalue weighted by Gasteiger charge is 2.34. The van der Waals surface area contributed by atoms with E-state index in [4.69, 9.17) is 21.1 Å². The lowest BCUT2D eigenvalue weighted by Crippen LogP contribution is -2.54. The first-order chi connectivity index (χ1) is 19.2. The number of thioether (sulfide) groups is 1. The maximum atomic E-state index is 15.0. The van der Waals surface area contributed by atoms with Gasteiger partial charge in [0, 0.05) is 66.0 Å². The summed E-state index contributed by atoms with van der Waals surface area (Å²) in [5.41, 5.74) is -0.167. The summed E-state index contributed by atoms with van der Waals surface area (Å²) in [4.78, 5) is 34.3. The quantitative estimate of drug-likeness (QED) is 0.171. The molecule has 1 fully saturated rings. The van der Waals surface area contributed by atoms with Gasteiger partial charge < -0.3 is 19.3 Å². The Morgan fingerprint density at radius 2 is 1.98 bits per heavy atom. The molecule has 3 aromatic rings. The van der Waals surface area contributed by atoms with Crippen molar-refractivity contribution in [1.29, 1.82) is 0 Å². The second-order valence-electron chi connectivity index (χ2n) is 9.57. The molecule has 1 saturated heterocycles. The number of hydrogen-bond acceptors (Lipinski definition) is 7. The molecule has 0 unspecified atom stereocenters. The van der Waals surface area contributed by atoms with Crippen LogP contribution in [0, 0.1) is 17.5 Å². The first-order valence-corrected chi connectivity index (χ1v) is 13.8. The van der Waals surface area contributed by atoms with Gasteiger partial charge in [-0.1, -0.05) is 18.2 Å². The van der Waals surface area contributed by atoms with Gasteiger partial charge in [0.2, 0.25) is 5.91 Å². The average Bonchev–Trinajstić information content (AvgIpc) is 2.93. The Labute approximate surface area is 237 Å². The molecular weight excluding hydrogens is 569 g/mol. The molecule has 0 N–H and O–H groups in total. The highest BCUT2D eigenvalue weighted by atomic mass is 35.5. The highest BCUT2D eigenvalue weighted by molar-refractivity contribution is 7.99. The number of carbonyl (C=O) groups is 1. The van der Waals surface area contributed by atoms with E-state index in [0.29, 0.717) is 53.1 Å². The minimum Gasteiger partial charge on any atom is -0.359 e.